The third-order valence-electron chi connectivity index (χ3n) is 4.55. The van der Waals surface area contributed by atoms with Crippen LogP contribution in [0.25, 0.3) is 0 Å². The molecule has 6 heteroatoms. The average Bonchev–Trinajstić information content (AvgIpc) is 2.90. The standard InChI is InChI=1S/C15H21N3O3/c1-21-13-9-11(8-12(10-13)18(19)20)16-14-5-7-17-6-3-2-4-15(14)17/h8-10,14-16H,2-7H2,1H3. The Morgan fingerprint density at radius 2 is 2.14 bits per heavy atom. The highest BCUT2D eigenvalue weighted by molar-refractivity contribution is 5.57. The second-order valence-electron chi connectivity index (χ2n) is 5.82. The summed E-state index contributed by atoms with van der Waals surface area (Å²) in [5.41, 5.74) is 0.842. The molecular formula is C15H21N3O3. The number of fused-ring (bicyclic) bond motifs is 1. The molecule has 2 aliphatic heterocycles. The highest BCUT2D eigenvalue weighted by Crippen LogP contribution is 2.32. The maximum absolute atomic E-state index is 11.0. The van der Waals surface area contributed by atoms with E-state index in [1.54, 1.807) is 6.07 Å². The van der Waals surface area contributed by atoms with Crippen LogP contribution in [0.3, 0.4) is 0 Å². The molecule has 0 radical (unpaired) electrons. The lowest BCUT2D eigenvalue weighted by atomic mass is 9.99. The molecule has 2 unspecified atom stereocenters. The number of methoxy groups -OCH3 is 1. The van der Waals surface area contributed by atoms with Gasteiger partial charge in [-0.2, -0.15) is 0 Å². The van der Waals surface area contributed by atoms with Crippen molar-refractivity contribution >= 4 is 11.4 Å². The van der Waals surface area contributed by atoms with Gasteiger partial charge in [-0.05, 0) is 25.8 Å². The first-order valence-corrected chi connectivity index (χ1v) is 7.51. The molecule has 2 aliphatic rings. The van der Waals surface area contributed by atoms with E-state index < -0.39 is 0 Å². The Bertz CT molecular complexity index is 535. The minimum Gasteiger partial charge on any atom is -0.496 e. The molecule has 3 rings (SSSR count). The van der Waals surface area contributed by atoms with Crippen molar-refractivity contribution in [3.63, 3.8) is 0 Å². The van der Waals surface area contributed by atoms with E-state index in [0.29, 0.717) is 17.8 Å². The van der Waals surface area contributed by atoms with Crippen molar-refractivity contribution in [2.75, 3.05) is 25.5 Å². The zero-order chi connectivity index (χ0) is 14.8. The SMILES string of the molecule is COc1cc(NC2CCN3CCCCC23)cc([N+](=O)[O-])c1. The Morgan fingerprint density at radius 1 is 1.29 bits per heavy atom. The summed E-state index contributed by atoms with van der Waals surface area (Å²) >= 11 is 0. The normalized spacial score (nSPS) is 25.4. The van der Waals surface area contributed by atoms with E-state index in [9.17, 15) is 10.1 Å². The molecule has 2 heterocycles. The molecule has 0 spiro atoms. The summed E-state index contributed by atoms with van der Waals surface area (Å²) in [7, 11) is 1.53. The number of anilines is 1. The molecule has 1 N–H and O–H groups in total. The Kier molecular flexibility index (Phi) is 3.96. The molecular weight excluding hydrogens is 270 g/mol. The number of hydrogen-bond acceptors (Lipinski definition) is 5. The molecule has 2 atom stereocenters. The Hall–Kier alpha value is -1.82. The summed E-state index contributed by atoms with van der Waals surface area (Å²) in [6.45, 7) is 2.30. The van der Waals surface area contributed by atoms with Gasteiger partial charge in [0, 0.05) is 36.4 Å². The molecule has 2 saturated heterocycles. The maximum Gasteiger partial charge on any atom is 0.275 e. The van der Waals surface area contributed by atoms with Gasteiger partial charge in [0.2, 0.25) is 0 Å². The van der Waals surface area contributed by atoms with Gasteiger partial charge in [-0.15, -0.1) is 0 Å². The molecule has 0 saturated carbocycles. The fourth-order valence-corrected chi connectivity index (χ4v) is 3.52. The van der Waals surface area contributed by atoms with E-state index in [-0.39, 0.29) is 10.6 Å². The highest BCUT2D eigenvalue weighted by Gasteiger charge is 2.35. The Balaban J connectivity index is 1.78. The lowest BCUT2D eigenvalue weighted by Crippen LogP contribution is -2.41. The Morgan fingerprint density at radius 3 is 2.90 bits per heavy atom. The average molecular weight is 291 g/mol. The van der Waals surface area contributed by atoms with Gasteiger partial charge in [-0.3, -0.25) is 15.0 Å². The largest absolute Gasteiger partial charge is 0.496 e. The van der Waals surface area contributed by atoms with E-state index in [4.69, 9.17) is 4.74 Å². The molecule has 0 aliphatic carbocycles. The lowest BCUT2D eigenvalue weighted by Gasteiger charge is -2.33. The number of nitrogens with one attached hydrogen (secondary N) is 1. The summed E-state index contributed by atoms with van der Waals surface area (Å²) in [5, 5.41) is 14.5. The quantitative estimate of drug-likeness (QED) is 0.682. The summed E-state index contributed by atoms with van der Waals surface area (Å²) < 4.78 is 5.16. The van der Waals surface area contributed by atoms with E-state index in [2.05, 4.69) is 10.2 Å². The zero-order valence-electron chi connectivity index (χ0n) is 12.2. The van der Waals surface area contributed by atoms with Crippen LogP contribution in [0.4, 0.5) is 11.4 Å². The van der Waals surface area contributed by atoms with Gasteiger partial charge < -0.3 is 10.1 Å². The predicted octanol–water partition coefficient (Wildman–Crippen LogP) is 2.64. The minimum atomic E-state index is -0.380. The van der Waals surface area contributed by atoms with Crippen LogP contribution in [0.1, 0.15) is 25.7 Å². The van der Waals surface area contributed by atoms with Gasteiger partial charge in [-0.1, -0.05) is 6.42 Å². The van der Waals surface area contributed by atoms with Crippen LogP contribution >= 0.6 is 0 Å². The zero-order valence-corrected chi connectivity index (χ0v) is 12.2. The molecule has 0 bridgehead atoms. The van der Waals surface area contributed by atoms with E-state index in [1.165, 1.54) is 39.0 Å². The first-order valence-electron chi connectivity index (χ1n) is 7.51. The van der Waals surface area contributed by atoms with Crippen LogP contribution in [-0.2, 0) is 0 Å². The van der Waals surface area contributed by atoms with Crippen LogP contribution < -0.4 is 10.1 Å². The summed E-state index contributed by atoms with van der Waals surface area (Å²) in [5.74, 6) is 0.519. The second kappa shape index (κ2) is 5.89. The van der Waals surface area contributed by atoms with Crippen molar-refractivity contribution in [3.05, 3.63) is 28.3 Å². The number of nitro benzene ring substituents is 1. The third kappa shape index (κ3) is 2.95. The van der Waals surface area contributed by atoms with Gasteiger partial charge in [0.15, 0.2) is 0 Å². The van der Waals surface area contributed by atoms with Crippen molar-refractivity contribution in [2.45, 2.75) is 37.8 Å². The number of benzene rings is 1. The van der Waals surface area contributed by atoms with Gasteiger partial charge in [0.1, 0.15) is 5.75 Å². The maximum atomic E-state index is 11.0. The number of piperidine rings is 1. The number of non-ortho nitro benzene ring substituents is 1. The number of nitrogens with zero attached hydrogens (tertiary/aromatic N) is 2. The van der Waals surface area contributed by atoms with Crippen molar-refractivity contribution in [1.82, 2.24) is 4.90 Å². The van der Waals surface area contributed by atoms with E-state index >= 15 is 0 Å². The predicted molar refractivity (Wildman–Crippen MR) is 80.9 cm³/mol. The summed E-state index contributed by atoms with van der Waals surface area (Å²) in [6, 6.07) is 5.81. The molecule has 1 aromatic rings. The monoisotopic (exact) mass is 291 g/mol. The molecule has 114 valence electrons. The van der Waals surface area contributed by atoms with Gasteiger partial charge in [0.25, 0.3) is 5.69 Å². The smallest absolute Gasteiger partial charge is 0.275 e. The second-order valence-corrected chi connectivity index (χ2v) is 5.82. The molecule has 1 aromatic carbocycles. The minimum absolute atomic E-state index is 0.0651. The number of ether oxygens (including phenoxy) is 1. The fourth-order valence-electron chi connectivity index (χ4n) is 3.52. The first kappa shape index (κ1) is 14.1. The molecule has 0 amide bonds. The van der Waals surface area contributed by atoms with E-state index in [1.807, 2.05) is 6.07 Å². The van der Waals surface area contributed by atoms with E-state index in [0.717, 1.165) is 18.7 Å². The van der Waals surface area contributed by atoms with Gasteiger partial charge in [-0.25, -0.2) is 0 Å². The highest BCUT2D eigenvalue weighted by atomic mass is 16.6. The Labute approximate surface area is 124 Å². The molecule has 0 aromatic heterocycles. The number of hydrogen-bond donors (Lipinski definition) is 1. The fraction of sp³-hybridized carbons (Fsp3) is 0.600. The van der Waals surface area contributed by atoms with Crippen LogP contribution in [-0.4, -0.2) is 42.1 Å². The number of rotatable bonds is 4. The molecule has 6 nitrogen and oxygen atoms in total. The molecule has 21 heavy (non-hydrogen) atoms. The van der Waals surface area contributed by atoms with Crippen LogP contribution in [0.15, 0.2) is 18.2 Å². The van der Waals surface area contributed by atoms with Crippen molar-refractivity contribution < 1.29 is 9.66 Å². The van der Waals surface area contributed by atoms with Gasteiger partial charge >= 0.3 is 0 Å². The van der Waals surface area contributed by atoms with Crippen LogP contribution in [0.5, 0.6) is 5.75 Å². The summed E-state index contributed by atoms with van der Waals surface area (Å²) in [6.07, 6.45) is 4.87. The van der Waals surface area contributed by atoms with Gasteiger partial charge in [0.05, 0.1) is 18.1 Å². The van der Waals surface area contributed by atoms with Crippen molar-refractivity contribution in [1.29, 1.82) is 0 Å². The van der Waals surface area contributed by atoms with Crippen LogP contribution in [0, 0.1) is 10.1 Å². The topological polar surface area (TPSA) is 67.6 Å². The van der Waals surface area contributed by atoms with Crippen molar-refractivity contribution in [2.24, 2.45) is 0 Å². The lowest BCUT2D eigenvalue weighted by molar-refractivity contribution is -0.384. The van der Waals surface area contributed by atoms with Crippen molar-refractivity contribution in [3.8, 4) is 5.75 Å². The number of nitro groups is 1. The molecule has 2 fully saturated rings. The third-order valence-corrected chi connectivity index (χ3v) is 4.55. The summed E-state index contributed by atoms with van der Waals surface area (Å²) in [4.78, 5) is 13.2. The first-order chi connectivity index (χ1) is 10.2. The van der Waals surface area contributed by atoms with Crippen LogP contribution in [0.2, 0.25) is 0 Å².